The Kier molecular flexibility index (Phi) is 7.95. The minimum Gasteiger partial charge on any atom is -0.485 e. The lowest BCUT2D eigenvalue weighted by Gasteiger charge is -2.24. The third-order valence-corrected chi connectivity index (χ3v) is 4.61. The molecule has 0 fully saturated rings. The number of carboxylic acid groups (broad SMARTS) is 1. The van der Waals surface area contributed by atoms with Gasteiger partial charge in [-0.25, -0.2) is 4.79 Å². The molecule has 3 atom stereocenters. The molecule has 1 aliphatic rings. The van der Waals surface area contributed by atoms with E-state index in [4.69, 9.17) is 26.2 Å². The van der Waals surface area contributed by atoms with Crippen molar-refractivity contribution in [3.8, 4) is 11.5 Å². The third kappa shape index (κ3) is 5.75. The molecule has 0 aromatic heterocycles. The highest BCUT2D eigenvalue weighted by Crippen LogP contribution is 2.33. The van der Waals surface area contributed by atoms with Crippen molar-refractivity contribution in [2.45, 2.75) is 31.6 Å². The standard InChI is InChI=1S/C20H22ClNO5.ClH/c1-12(22-10-16(23)14-3-2-4-15(21)9-14)7-13-5-6-17-18(8-13)26-11-19(27-17)20(24)25;/h2-6,8-9,12,16,19,22-23H,7,10-11H2,1H3,(H,24,25);1H/t12-,16?,19+;/m0./s1. The van der Waals surface area contributed by atoms with Gasteiger partial charge in [0.25, 0.3) is 0 Å². The van der Waals surface area contributed by atoms with Crippen LogP contribution in [0.3, 0.4) is 0 Å². The lowest BCUT2D eigenvalue weighted by molar-refractivity contribution is -0.147. The minimum atomic E-state index is -1.04. The van der Waals surface area contributed by atoms with Gasteiger partial charge in [-0.2, -0.15) is 0 Å². The van der Waals surface area contributed by atoms with E-state index in [-0.39, 0.29) is 25.1 Å². The molecule has 0 saturated heterocycles. The molecule has 0 spiro atoms. The van der Waals surface area contributed by atoms with E-state index >= 15 is 0 Å². The molecule has 2 aromatic rings. The molecule has 1 aliphatic heterocycles. The Morgan fingerprint density at radius 3 is 2.79 bits per heavy atom. The molecule has 0 saturated carbocycles. The van der Waals surface area contributed by atoms with E-state index in [0.29, 0.717) is 23.1 Å². The first-order valence-corrected chi connectivity index (χ1v) is 9.12. The van der Waals surface area contributed by atoms with Crippen molar-refractivity contribution in [3.05, 3.63) is 58.6 Å². The molecule has 6 nitrogen and oxygen atoms in total. The van der Waals surface area contributed by atoms with E-state index in [1.165, 1.54) is 0 Å². The fourth-order valence-corrected chi connectivity index (χ4v) is 3.13. The molecule has 0 bridgehead atoms. The normalized spacial score (nSPS) is 17.3. The number of benzene rings is 2. The second kappa shape index (κ2) is 9.98. The summed E-state index contributed by atoms with van der Waals surface area (Å²) in [5.41, 5.74) is 1.80. The smallest absolute Gasteiger partial charge is 0.348 e. The molecule has 2 aromatic carbocycles. The highest BCUT2D eigenvalue weighted by molar-refractivity contribution is 6.30. The van der Waals surface area contributed by atoms with Crippen LogP contribution in [-0.2, 0) is 11.2 Å². The Balaban J connectivity index is 0.00000280. The second-order valence-corrected chi connectivity index (χ2v) is 7.06. The topological polar surface area (TPSA) is 88.0 Å². The van der Waals surface area contributed by atoms with Crippen LogP contribution in [0.2, 0.25) is 5.02 Å². The summed E-state index contributed by atoms with van der Waals surface area (Å²) in [5, 5.41) is 23.2. The number of ether oxygens (including phenoxy) is 2. The number of aliphatic hydroxyl groups is 1. The van der Waals surface area contributed by atoms with Gasteiger partial charge >= 0.3 is 5.97 Å². The predicted molar refractivity (Wildman–Crippen MR) is 109 cm³/mol. The molecule has 0 aliphatic carbocycles. The van der Waals surface area contributed by atoms with Gasteiger partial charge in [0, 0.05) is 17.6 Å². The Hall–Kier alpha value is -1.99. The highest BCUT2D eigenvalue weighted by atomic mass is 35.5. The van der Waals surface area contributed by atoms with E-state index in [1.807, 2.05) is 31.2 Å². The molecule has 1 unspecified atom stereocenters. The summed E-state index contributed by atoms with van der Waals surface area (Å²) in [6.45, 7) is 2.43. The molecule has 0 amide bonds. The zero-order valence-electron chi connectivity index (χ0n) is 15.3. The quantitative estimate of drug-likeness (QED) is 0.628. The molecular formula is C20H23Cl2NO5. The van der Waals surface area contributed by atoms with Gasteiger partial charge in [-0.15, -0.1) is 12.4 Å². The number of aliphatic carboxylic acids is 1. The van der Waals surface area contributed by atoms with Crippen LogP contribution in [-0.4, -0.2) is 41.5 Å². The van der Waals surface area contributed by atoms with Gasteiger partial charge in [0.1, 0.15) is 6.61 Å². The maximum Gasteiger partial charge on any atom is 0.348 e. The molecular weight excluding hydrogens is 405 g/mol. The number of halogens is 2. The molecule has 152 valence electrons. The number of hydrogen-bond donors (Lipinski definition) is 3. The molecule has 28 heavy (non-hydrogen) atoms. The van der Waals surface area contributed by atoms with Crippen molar-refractivity contribution in [1.29, 1.82) is 0 Å². The average molecular weight is 428 g/mol. The minimum absolute atomic E-state index is 0. The van der Waals surface area contributed by atoms with Crippen molar-refractivity contribution in [2.24, 2.45) is 0 Å². The van der Waals surface area contributed by atoms with Crippen molar-refractivity contribution in [2.75, 3.05) is 13.2 Å². The maximum absolute atomic E-state index is 11.0. The van der Waals surface area contributed by atoms with Crippen molar-refractivity contribution >= 4 is 30.0 Å². The van der Waals surface area contributed by atoms with Gasteiger partial charge in [0.15, 0.2) is 11.5 Å². The van der Waals surface area contributed by atoms with Crippen LogP contribution in [0, 0.1) is 0 Å². The second-order valence-electron chi connectivity index (χ2n) is 6.62. The Labute approximate surface area is 174 Å². The van der Waals surface area contributed by atoms with Crippen LogP contribution in [0.25, 0.3) is 0 Å². The van der Waals surface area contributed by atoms with Crippen LogP contribution in [0.15, 0.2) is 42.5 Å². The van der Waals surface area contributed by atoms with E-state index < -0.39 is 18.2 Å². The number of nitrogens with one attached hydrogen (secondary N) is 1. The first kappa shape index (κ1) is 22.3. The van der Waals surface area contributed by atoms with Gasteiger partial charge in [-0.3, -0.25) is 0 Å². The largest absolute Gasteiger partial charge is 0.485 e. The molecule has 3 N–H and O–H groups in total. The van der Waals surface area contributed by atoms with Crippen LogP contribution in [0.4, 0.5) is 0 Å². The first-order valence-electron chi connectivity index (χ1n) is 8.74. The van der Waals surface area contributed by atoms with E-state index in [1.54, 1.807) is 18.2 Å². The predicted octanol–water partition coefficient (Wildman–Crippen LogP) is 3.24. The summed E-state index contributed by atoms with van der Waals surface area (Å²) in [6, 6.07) is 12.8. The zero-order valence-corrected chi connectivity index (χ0v) is 16.9. The maximum atomic E-state index is 11.0. The molecule has 8 heteroatoms. The summed E-state index contributed by atoms with van der Waals surface area (Å²) < 4.78 is 10.9. The van der Waals surface area contributed by atoms with Gasteiger partial charge in [0.05, 0.1) is 6.10 Å². The molecule has 3 rings (SSSR count). The van der Waals surface area contributed by atoms with E-state index in [2.05, 4.69) is 5.32 Å². The highest BCUT2D eigenvalue weighted by Gasteiger charge is 2.27. The summed E-state index contributed by atoms with van der Waals surface area (Å²) in [4.78, 5) is 11.0. The fourth-order valence-electron chi connectivity index (χ4n) is 2.93. The summed E-state index contributed by atoms with van der Waals surface area (Å²) in [7, 11) is 0. The number of rotatable bonds is 7. The number of carboxylic acids is 1. The van der Waals surface area contributed by atoms with Gasteiger partial charge in [0.2, 0.25) is 6.10 Å². The van der Waals surface area contributed by atoms with Crippen LogP contribution < -0.4 is 14.8 Å². The lowest BCUT2D eigenvalue weighted by atomic mass is 10.0. The number of fused-ring (bicyclic) bond motifs is 1. The van der Waals surface area contributed by atoms with Crippen LogP contribution in [0.5, 0.6) is 11.5 Å². The third-order valence-electron chi connectivity index (χ3n) is 4.38. The first-order chi connectivity index (χ1) is 12.9. The van der Waals surface area contributed by atoms with Crippen molar-refractivity contribution < 1.29 is 24.5 Å². The number of carbonyl (C=O) groups is 1. The van der Waals surface area contributed by atoms with Gasteiger partial charge in [-0.05, 0) is 48.7 Å². The zero-order chi connectivity index (χ0) is 19.4. The van der Waals surface area contributed by atoms with Gasteiger partial charge in [-0.1, -0.05) is 29.8 Å². The van der Waals surface area contributed by atoms with E-state index in [0.717, 1.165) is 17.5 Å². The van der Waals surface area contributed by atoms with Crippen molar-refractivity contribution in [1.82, 2.24) is 5.32 Å². The monoisotopic (exact) mass is 427 g/mol. The number of aliphatic hydroxyl groups excluding tert-OH is 1. The Morgan fingerprint density at radius 2 is 2.07 bits per heavy atom. The molecule has 1 heterocycles. The molecule has 0 radical (unpaired) electrons. The fraction of sp³-hybridized carbons (Fsp3) is 0.350. The summed E-state index contributed by atoms with van der Waals surface area (Å²) in [5.74, 6) is -0.0497. The van der Waals surface area contributed by atoms with Crippen molar-refractivity contribution in [3.63, 3.8) is 0 Å². The number of hydrogen-bond acceptors (Lipinski definition) is 5. The summed E-state index contributed by atoms with van der Waals surface area (Å²) in [6.07, 6.45) is -0.891. The van der Waals surface area contributed by atoms with Crippen LogP contribution in [0.1, 0.15) is 24.2 Å². The Bertz CT molecular complexity index is 817. The van der Waals surface area contributed by atoms with Crippen LogP contribution >= 0.6 is 24.0 Å². The average Bonchev–Trinajstić information content (AvgIpc) is 2.65. The van der Waals surface area contributed by atoms with Gasteiger partial charge < -0.3 is 25.0 Å². The SMILES string of the molecule is C[C@@H](Cc1ccc2c(c1)OC[C@H](C(=O)O)O2)NCC(O)c1cccc(Cl)c1.Cl. The Morgan fingerprint density at radius 1 is 1.29 bits per heavy atom. The lowest BCUT2D eigenvalue weighted by Crippen LogP contribution is -2.36. The summed E-state index contributed by atoms with van der Waals surface area (Å²) >= 11 is 5.96. The van der Waals surface area contributed by atoms with E-state index in [9.17, 15) is 9.90 Å².